The van der Waals surface area contributed by atoms with Gasteiger partial charge in [-0.25, -0.2) is 0 Å². The molecule has 5 nitrogen and oxygen atoms in total. The van der Waals surface area contributed by atoms with Gasteiger partial charge in [-0.2, -0.15) is 9.61 Å². The standard InChI is InChI=1S/C11H17N5/c1-4-7(2)10(12)11-14-13-9-6-5-8(3)15-16(9)11/h5-7,10H,4,12H2,1-3H3. The largest absolute Gasteiger partial charge is 0.321 e. The third-order valence-corrected chi connectivity index (χ3v) is 2.98. The molecule has 0 spiro atoms. The smallest absolute Gasteiger partial charge is 0.177 e. The zero-order valence-electron chi connectivity index (χ0n) is 9.88. The first kappa shape index (κ1) is 11.0. The Morgan fingerprint density at radius 3 is 2.81 bits per heavy atom. The van der Waals surface area contributed by atoms with Gasteiger partial charge in [-0.1, -0.05) is 20.3 Å². The predicted molar refractivity (Wildman–Crippen MR) is 61.9 cm³/mol. The molecule has 0 aliphatic heterocycles. The molecule has 0 aliphatic carbocycles. The van der Waals surface area contributed by atoms with E-state index in [4.69, 9.17) is 5.73 Å². The van der Waals surface area contributed by atoms with Gasteiger partial charge in [-0.15, -0.1) is 10.2 Å². The minimum Gasteiger partial charge on any atom is -0.321 e. The Morgan fingerprint density at radius 2 is 2.12 bits per heavy atom. The summed E-state index contributed by atoms with van der Waals surface area (Å²) in [5.74, 6) is 1.11. The molecule has 2 aromatic heterocycles. The first-order valence-electron chi connectivity index (χ1n) is 5.58. The van der Waals surface area contributed by atoms with Crippen molar-refractivity contribution in [1.82, 2.24) is 19.8 Å². The second-order valence-corrected chi connectivity index (χ2v) is 4.21. The summed E-state index contributed by atoms with van der Waals surface area (Å²) in [4.78, 5) is 0. The van der Waals surface area contributed by atoms with Gasteiger partial charge in [-0.05, 0) is 25.0 Å². The van der Waals surface area contributed by atoms with Crippen molar-refractivity contribution >= 4 is 5.65 Å². The van der Waals surface area contributed by atoms with Gasteiger partial charge < -0.3 is 5.73 Å². The molecule has 0 amide bonds. The molecule has 2 aromatic rings. The summed E-state index contributed by atoms with van der Waals surface area (Å²) in [6, 6.07) is 3.71. The van der Waals surface area contributed by atoms with Crippen molar-refractivity contribution < 1.29 is 0 Å². The molecule has 2 unspecified atom stereocenters. The molecule has 0 saturated heterocycles. The molecule has 2 heterocycles. The van der Waals surface area contributed by atoms with Crippen LogP contribution in [-0.2, 0) is 0 Å². The maximum atomic E-state index is 6.15. The van der Waals surface area contributed by atoms with Crippen LogP contribution in [0.2, 0.25) is 0 Å². The van der Waals surface area contributed by atoms with Gasteiger partial charge in [0.2, 0.25) is 0 Å². The minimum absolute atomic E-state index is 0.116. The zero-order valence-corrected chi connectivity index (χ0v) is 9.88. The van der Waals surface area contributed by atoms with Gasteiger partial charge in [0.25, 0.3) is 0 Å². The Bertz CT molecular complexity index is 490. The van der Waals surface area contributed by atoms with E-state index < -0.39 is 0 Å². The van der Waals surface area contributed by atoms with Crippen LogP contribution >= 0.6 is 0 Å². The van der Waals surface area contributed by atoms with Crippen LogP contribution < -0.4 is 5.73 Å². The summed E-state index contributed by atoms with van der Waals surface area (Å²) in [6.07, 6.45) is 1.02. The van der Waals surface area contributed by atoms with E-state index in [0.29, 0.717) is 5.92 Å². The highest BCUT2D eigenvalue weighted by Gasteiger charge is 2.19. The molecule has 0 radical (unpaired) electrons. The number of aryl methyl sites for hydroxylation is 1. The first-order valence-corrected chi connectivity index (χ1v) is 5.58. The summed E-state index contributed by atoms with van der Waals surface area (Å²) < 4.78 is 1.74. The van der Waals surface area contributed by atoms with Crippen LogP contribution in [0, 0.1) is 12.8 Å². The average molecular weight is 219 g/mol. The second-order valence-electron chi connectivity index (χ2n) is 4.21. The fourth-order valence-corrected chi connectivity index (χ4v) is 1.61. The summed E-state index contributed by atoms with van der Waals surface area (Å²) in [5, 5.41) is 12.6. The van der Waals surface area contributed by atoms with Gasteiger partial charge in [0, 0.05) is 0 Å². The van der Waals surface area contributed by atoms with Crippen LogP contribution in [0.3, 0.4) is 0 Å². The molecule has 2 atom stereocenters. The van der Waals surface area contributed by atoms with E-state index in [9.17, 15) is 0 Å². The van der Waals surface area contributed by atoms with Crippen molar-refractivity contribution in [3.05, 3.63) is 23.7 Å². The Morgan fingerprint density at radius 1 is 1.38 bits per heavy atom. The third-order valence-electron chi connectivity index (χ3n) is 2.98. The van der Waals surface area contributed by atoms with E-state index in [1.807, 2.05) is 19.1 Å². The van der Waals surface area contributed by atoms with Crippen molar-refractivity contribution in [2.45, 2.75) is 33.2 Å². The molecule has 2 rings (SSSR count). The van der Waals surface area contributed by atoms with Crippen molar-refractivity contribution in [1.29, 1.82) is 0 Å². The van der Waals surface area contributed by atoms with Crippen LogP contribution in [-0.4, -0.2) is 19.8 Å². The number of nitrogens with two attached hydrogens (primary N) is 1. The maximum absolute atomic E-state index is 6.15. The SMILES string of the molecule is CCC(C)C(N)c1nnc2ccc(C)nn12. The number of rotatable bonds is 3. The lowest BCUT2D eigenvalue weighted by atomic mass is 10.00. The number of hydrogen-bond acceptors (Lipinski definition) is 4. The van der Waals surface area contributed by atoms with E-state index in [-0.39, 0.29) is 6.04 Å². The molecule has 0 aliphatic rings. The Kier molecular flexibility index (Phi) is 2.87. The highest BCUT2D eigenvalue weighted by molar-refractivity contribution is 5.36. The van der Waals surface area contributed by atoms with Gasteiger partial charge in [0.15, 0.2) is 11.5 Å². The lowest BCUT2D eigenvalue weighted by molar-refractivity contribution is 0.431. The lowest BCUT2D eigenvalue weighted by Crippen LogP contribution is -2.22. The second kappa shape index (κ2) is 4.17. The molecule has 2 N–H and O–H groups in total. The van der Waals surface area contributed by atoms with Gasteiger partial charge in [0.1, 0.15) is 0 Å². The van der Waals surface area contributed by atoms with Crippen molar-refractivity contribution in [2.75, 3.05) is 0 Å². The molecule has 0 aromatic carbocycles. The summed E-state index contributed by atoms with van der Waals surface area (Å²) in [7, 11) is 0. The number of nitrogens with zero attached hydrogens (tertiary/aromatic N) is 4. The van der Waals surface area contributed by atoms with Crippen LogP contribution in [0.4, 0.5) is 0 Å². The molecule has 5 heteroatoms. The first-order chi connectivity index (χ1) is 7.63. The molecular weight excluding hydrogens is 202 g/mol. The van der Waals surface area contributed by atoms with Crippen LogP contribution in [0.15, 0.2) is 12.1 Å². The van der Waals surface area contributed by atoms with Crippen LogP contribution in [0.5, 0.6) is 0 Å². The van der Waals surface area contributed by atoms with E-state index in [1.54, 1.807) is 4.52 Å². The van der Waals surface area contributed by atoms with Gasteiger partial charge in [0.05, 0.1) is 11.7 Å². The van der Waals surface area contributed by atoms with Crippen molar-refractivity contribution in [2.24, 2.45) is 11.7 Å². The van der Waals surface area contributed by atoms with Crippen molar-refractivity contribution in [3.8, 4) is 0 Å². The Balaban J connectivity index is 2.48. The predicted octanol–water partition coefficient (Wildman–Crippen LogP) is 1.48. The monoisotopic (exact) mass is 219 g/mol. The topological polar surface area (TPSA) is 69.1 Å². The van der Waals surface area contributed by atoms with Crippen LogP contribution in [0.1, 0.15) is 37.8 Å². The quantitative estimate of drug-likeness (QED) is 0.848. The Hall–Kier alpha value is -1.49. The molecular formula is C11H17N5. The highest BCUT2D eigenvalue weighted by atomic mass is 15.4. The number of hydrogen-bond donors (Lipinski definition) is 1. The van der Waals surface area contributed by atoms with E-state index in [2.05, 4.69) is 29.1 Å². The summed E-state index contributed by atoms with van der Waals surface area (Å²) in [6.45, 7) is 6.17. The molecule has 16 heavy (non-hydrogen) atoms. The molecule has 86 valence electrons. The fraction of sp³-hybridized carbons (Fsp3) is 0.545. The normalized spacial score (nSPS) is 15.2. The van der Waals surface area contributed by atoms with E-state index >= 15 is 0 Å². The van der Waals surface area contributed by atoms with Crippen molar-refractivity contribution in [3.63, 3.8) is 0 Å². The zero-order chi connectivity index (χ0) is 11.7. The summed E-state index contributed by atoms with van der Waals surface area (Å²) >= 11 is 0. The minimum atomic E-state index is -0.116. The maximum Gasteiger partial charge on any atom is 0.177 e. The highest BCUT2D eigenvalue weighted by Crippen LogP contribution is 2.20. The van der Waals surface area contributed by atoms with Gasteiger partial charge in [-0.3, -0.25) is 0 Å². The summed E-state index contributed by atoms with van der Waals surface area (Å²) in [5.41, 5.74) is 7.83. The third kappa shape index (κ3) is 1.78. The average Bonchev–Trinajstić information content (AvgIpc) is 2.69. The van der Waals surface area contributed by atoms with E-state index in [1.165, 1.54) is 0 Å². The van der Waals surface area contributed by atoms with Crippen LogP contribution in [0.25, 0.3) is 5.65 Å². The molecule has 0 bridgehead atoms. The molecule has 0 saturated carbocycles. The fourth-order valence-electron chi connectivity index (χ4n) is 1.61. The Labute approximate surface area is 94.7 Å². The number of fused-ring (bicyclic) bond motifs is 1. The van der Waals surface area contributed by atoms with Gasteiger partial charge >= 0.3 is 0 Å². The molecule has 0 fully saturated rings. The van der Waals surface area contributed by atoms with E-state index in [0.717, 1.165) is 23.6 Å². The number of aromatic nitrogens is 4. The lowest BCUT2D eigenvalue weighted by Gasteiger charge is -2.15.